The van der Waals surface area contributed by atoms with Crippen LogP contribution >= 0.6 is 27.3 Å². The van der Waals surface area contributed by atoms with Gasteiger partial charge in [-0.3, -0.25) is 10.1 Å². The fraction of sp³-hybridized carbons (Fsp3) is 0.308. The lowest BCUT2D eigenvalue weighted by molar-refractivity contribution is -0.385. The third kappa shape index (κ3) is 3.84. The fourth-order valence-electron chi connectivity index (χ4n) is 1.77. The Labute approximate surface area is 129 Å². The van der Waals surface area contributed by atoms with E-state index in [-0.39, 0.29) is 16.7 Å². The summed E-state index contributed by atoms with van der Waals surface area (Å²) in [4.78, 5) is 14.9. The summed E-state index contributed by atoms with van der Waals surface area (Å²) in [5.41, 5.74) is 1.97. The SMILES string of the molecule is Cc1csc(C(C)NCc2cc(Br)cc([N+](=O)[O-])c2)n1. The van der Waals surface area contributed by atoms with Gasteiger partial charge in [-0.05, 0) is 25.5 Å². The van der Waals surface area contributed by atoms with Crippen molar-refractivity contribution in [2.75, 3.05) is 0 Å². The Hall–Kier alpha value is -1.31. The number of nitro benzene ring substituents is 1. The van der Waals surface area contributed by atoms with E-state index in [1.807, 2.05) is 25.3 Å². The lowest BCUT2D eigenvalue weighted by Crippen LogP contribution is -2.18. The monoisotopic (exact) mass is 355 g/mol. The van der Waals surface area contributed by atoms with E-state index in [4.69, 9.17) is 0 Å². The second-order valence-electron chi connectivity index (χ2n) is 4.50. The van der Waals surface area contributed by atoms with Gasteiger partial charge in [0, 0.05) is 34.2 Å². The van der Waals surface area contributed by atoms with Crippen molar-refractivity contribution >= 4 is 33.0 Å². The number of aryl methyl sites for hydroxylation is 1. The molecule has 5 nitrogen and oxygen atoms in total. The average Bonchev–Trinajstić information content (AvgIpc) is 2.82. The molecule has 0 saturated heterocycles. The van der Waals surface area contributed by atoms with Crippen molar-refractivity contribution < 1.29 is 4.92 Å². The number of thiazole rings is 1. The zero-order chi connectivity index (χ0) is 14.7. The molecule has 0 saturated carbocycles. The Morgan fingerprint density at radius 2 is 2.25 bits per heavy atom. The molecule has 1 atom stereocenters. The summed E-state index contributed by atoms with van der Waals surface area (Å²) >= 11 is 4.91. The molecule has 1 unspecified atom stereocenters. The molecule has 0 bridgehead atoms. The molecule has 0 radical (unpaired) electrons. The Kier molecular flexibility index (Phi) is 4.85. The second-order valence-corrected chi connectivity index (χ2v) is 6.31. The molecular formula is C13H14BrN3O2S. The molecule has 1 aromatic heterocycles. The second kappa shape index (κ2) is 6.43. The van der Waals surface area contributed by atoms with Crippen molar-refractivity contribution in [1.29, 1.82) is 0 Å². The van der Waals surface area contributed by atoms with Gasteiger partial charge < -0.3 is 5.32 Å². The van der Waals surface area contributed by atoms with Crippen LogP contribution in [-0.4, -0.2) is 9.91 Å². The number of nitro groups is 1. The van der Waals surface area contributed by atoms with Gasteiger partial charge in [-0.25, -0.2) is 4.98 Å². The van der Waals surface area contributed by atoms with Crippen molar-refractivity contribution in [3.8, 4) is 0 Å². The van der Waals surface area contributed by atoms with Gasteiger partial charge in [0.25, 0.3) is 5.69 Å². The summed E-state index contributed by atoms with van der Waals surface area (Å²) in [5, 5.41) is 17.2. The number of nitrogens with one attached hydrogen (secondary N) is 1. The highest BCUT2D eigenvalue weighted by atomic mass is 79.9. The van der Waals surface area contributed by atoms with Crippen LogP contribution in [0.1, 0.15) is 29.2 Å². The first-order valence-electron chi connectivity index (χ1n) is 6.05. The predicted octanol–water partition coefficient (Wildman–Crippen LogP) is 3.97. The largest absolute Gasteiger partial charge is 0.304 e. The zero-order valence-corrected chi connectivity index (χ0v) is 13.5. The number of halogens is 1. The standard InChI is InChI=1S/C13H14BrN3O2S/c1-8-7-20-13(16-8)9(2)15-6-10-3-11(14)5-12(4-10)17(18)19/h3-5,7,9,15H,6H2,1-2H3. The summed E-state index contributed by atoms with van der Waals surface area (Å²) < 4.78 is 0.709. The maximum atomic E-state index is 10.8. The third-order valence-corrected chi connectivity index (χ3v) is 4.38. The van der Waals surface area contributed by atoms with Gasteiger partial charge in [0.15, 0.2) is 0 Å². The topological polar surface area (TPSA) is 68.1 Å². The van der Waals surface area contributed by atoms with Crippen LogP contribution in [0.5, 0.6) is 0 Å². The highest BCUT2D eigenvalue weighted by molar-refractivity contribution is 9.10. The number of non-ortho nitro benzene ring substituents is 1. The first-order chi connectivity index (χ1) is 9.45. The molecule has 7 heteroatoms. The van der Waals surface area contributed by atoms with Gasteiger partial charge in [-0.2, -0.15) is 0 Å². The predicted molar refractivity (Wildman–Crippen MR) is 82.9 cm³/mol. The molecule has 0 fully saturated rings. The molecule has 0 spiro atoms. The Morgan fingerprint density at radius 3 is 2.85 bits per heavy atom. The maximum absolute atomic E-state index is 10.8. The molecule has 0 aliphatic heterocycles. The molecular weight excluding hydrogens is 342 g/mol. The van der Waals surface area contributed by atoms with Crippen LogP contribution in [0.25, 0.3) is 0 Å². The normalized spacial score (nSPS) is 12.3. The number of hydrogen-bond acceptors (Lipinski definition) is 5. The molecule has 2 rings (SSSR count). The maximum Gasteiger partial charge on any atom is 0.270 e. The fourth-order valence-corrected chi connectivity index (χ4v) is 3.13. The van der Waals surface area contributed by atoms with Gasteiger partial charge in [0.2, 0.25) is 0 Å². The number of rotatable bonds is 5. The lowest BCUT2D eigenvalue weighted by atomic mass is 10.2. The van der Waals surface area contributed by atoms with Crippen molar-refractivity contribution in [1.82, 2.24) is 10.3 Å². The van der Waals surface area contributed by atoms with Crippen LogP contribution in [0.3, 0.4) is 0 Å². The van der Waals surface area contributed by atoms with Crippen molar-refractivity contribution in [2.45, 2.75) is 26.4 Å². The van der Waals surface area contributed by atoms with Gasteiger partial charge >= 0.3 is 0 Å². The lowest BCUT2D eigenvalue weighted by Gasteiger charge is -2.11. The van der Waals surface area contributed by atoms with Crippen molar-refractivity contribution in [2.24, 2.45) is 0 Å². The molecule has 0 aliphatic rings. The van der Waals surface area contributed by atoms with Gasteiger partial charge in [-0.15, -0.1) is 11.3 Å². The first-order valence-corrected chi connectivity index (χ1v) is 7.72. The zero-order valence-electron chi connectivity index (χ0n) is 11.1. The molecule has 0 amide bonds. The van der Waals surface area contributed by atoms with Gasteiger partial charge in [-0.1, -0.05) is 15.9 Å². The van der Waals surface area contributed by atoms with E-state index in [0.717, 1.165) is 16.3 Å². The molecule has 20 heavy (non-hydrogen) atoms. The van der Waals surface area contributed by atoms with Gasteiger partial charge in [0.05, 0.1) is 11.0 Å². The summed E-state index contributed by atoms with van der Waals surface area (Å²) in [6, 6.07) is 5.07. The smallest absolute Gasteiger partial charge is 0.270 e. The number of nitrogens with zero attached hydrogens (tertiary/aromatic N) is 2. The molecule has 106 valence electrons. The van der Waals surface area contributed by atoms with Crippen LogP contribution in [0.2, 0.25) is 0 Å². The number of aromatic nitrogens is 1. The minimum atomic E-state index is -0.387. The highest BCUT2D eigenvalue weighted by Crippen LogP contribution is 2.22. The summed E-state index contributed by atoms with van der Waals surface area (Å²) in [5.74, 6) is 0. The summed E-state index contributed by atoms with van der Waals surface area (Å²) in [6.07, 6.45) is 0. The molecule has 1 N–H and O–H groups in total. The quantitative estimate of drug-likeness (QED) is 0.650. The summed E-state index contributed by atoms with van der Waals surface area (Å²) in [7, 11) is 0. The van der Waals surface area contributed by atoms with E-state index in [9.17, 15) is 10.1 Å². The van der Waals surface area contributed by atoms with E-state index in [0.29, 0.717) is 11.0 Å². The Balaban J connectivity index is 2.05. The van der Waals surface area contributed by atoms with Crippen LogP contribution < -0.4 is 5.32 Å². The van der Waals surface area contributed by atoms with Crippen molar-refractivity contribution in [3.63, 3.8) is 0 Å². The summed E-state index contributed by atoms with van der Waals surface area (Å²) in [6.45, 7) is 4.55. The number of benzene rings is 1. The van der Waals surface area contributed by atoms with E-state index in [1.165, 1.54) is 6.07 Å². The molecule has 0 aliphatic carbocycles. The van der Waals surface area contributed by atoms with Crippen LogP contribution in [0.15, 0.2) is 28.1 Å². The average molecular weight is 356 g/mol. The minimum absolute atomic E-state index is 0.0916. The Bertz CT molecular complexity index is 630. The highest BCUT2D eigenvalue weighted by Gasteiger charge is 2.11. The van der Waals surface area contributed by atoms with Gasteiger partial charge in [0.1, 0.15) is 5.01 Å². The van der Waals surface area contributed by atoms with Crippen LogP contribution in [0.4, 0.5) is 5.69 Å². The minimum Gasteiger partial charge on any atom is -0.304 e. The van der Waals surface area contributed by atoms with E-state index in [2.05, 4.69) is 26.2 Å². The molecule has 1 heterocycles. The number of hydrogen-bond donors (Lipinski definition) is 1. The van der Waals surface area contributed by atoms with Crippen LogP contribution in [-0.2, 0) is 6.54 Å². The van der Waals surface area contributed by atoms with Crippen LogP contribution in [0, 0.1) is 17.0 Å². The first kappa shape index (κ1) is 15.1. The third-order valence-electron chi connectivity index (χ3n) is 2.77. The molecule has 1 aromatic carbocycles. The molecule has 2 aromatic rings. The van der Waals surface area contributed by atoms with Crippen molar-refractivity contribution in [3.05, 3.63) is 54.4 Å². The van der Waals surface area contributed by atoms with E-state index in [1.54, 1.807) is 17.4 Å². The Morgan fingerprint density at radius 1 is 1.50 bits per heavy atom. The van der Waals surface area contributed by atoms with E-state index >= 15 is 0 Å². The van der Waals surface area contributed by atoms with E-state index < -0.39 is 0 Å².